The fourth-order valence-corrected chi connectivity index (χ4v) is 1.54. The Morgan fingerprint density at radius 1 is 1.43 bits per heavy atom. The third-order valence-electron chi connectivity index (χ3n) is 2.19. The number of carbonyl (C=O) groups excluding carboxylic acids is 1. The van der Waals surface area contributed by atoms with Crippen LogP contribution in [0.1, 0.15) is 24.2 Å². The van der Waals surface area contributed by atoms with Gasteiger partial charge in [0.05, 0.1) is 5.69 Å². The van der Waals surface area contributed by atoms with Crippen molar-refractivity contribution in [3.05, 3.63) is 29.3 Å². The minimum absolute atomic E-state index is 0.497. The smallest absolute Gasteiger partial charge is 0.186 e. The zero-order valence-electron chi connectivity index (χ0n) is 8.15. The number of nitrogens with zero attached hydrogens (tertiary/aromatic N) is 1. The number of fused-ring (bicyclic) bond motifs is 1. The van der Waals surface area contributed by atoms with Crippen LogP contribution in [0, 0.1) is 6.92 Å². The number of aryl methyl sites for hydroxylation is 1. The van der Waals surface area contributed by atoms with Gasteiger partial charge in [0.1, 0.15) is 0 Å². The van der Waals surface area contributed by atoms with E-state index in [0.717, 1.165) is 23.1 Å². The Labute approximate surface area is 82.4 Å². The number of rotatable bonds is 1. The molecule has 1 unspecified atom stereocenters. The molecule has 1 atom stereocenters. The Morgan fingerprint density at radius 3 is 2.93 bits per heavy atom. The van der Waals surface area contributed by atoms with E-state index in [4.69, 9.17) is 4.74 Å². The number of carbonyl (C=O) groups is 1. The first-order valence-corrected chi connectivity index (χ1v) is 4.48. The second-order valence-corrected chi connectivity index (χ2v) is 3.37. The van der Waals surface area contributed by atoms with Gasteiger partial charge in [-0.05, 0) is 18.6 Å². The molecule has 3 nitrogen and oxygen atoms in total. The fourth-order valence-electron chi connectivity index (χ4n) is 1.54. The lowest BCUT2D eigenvalue weighted by atomic mass is 10.0. The summed E-state index contributed by atoms with van der Waals surface area (Å²) in [5.74, 6) is 0.542. The van der Waals surface area contributed by atoms with Gasteiger partial charge in [0.15, 0.2) is 18.3 Å². The van der Waals surface area contributed by atoms with Gasteiger partial charge in [-0.1, -0.05) is 12.1 Å². The van der Waals surface area contributed by atoms with Crippen LogP contribution in [0.5, 0.6) is 0 Å². The monoisotopic (exact) mass is 189 g/mol. The molecule has 0 spiro atoms. The van der Waals surface area contributed by atoms with Crippen molar-refractivity contribution in [2.24, 2.45) is 4.99 Å². The molecule has 0 saturated carbocycles. The maximum absolute atomic E-state index is 10.8. The molecule has 1 aliphatic heterocycles. The molecule has 3 heteroatoms. The van der Waals surface area contributed by atoms with Crippen LogP contribution in [0.3, 0.4) is 0 Å². The Hall–Kier alpha value is -1.64. The molecule has 0 saturated heterocycles. The third-order valence-corrected chi connectivity index (χ3v) is 2.19. The fraction of sp³-hybridized carbons (Fsp3) is 0.273. The number of benzene rings is 1. The summed E-state index contributed by atoms with van der Waals surface area (Å²) in [6.07, 6.45) is 0.301. The van der Waals surface area contributed by atoms with E-state index in [-0.39, 0.29) is 0 Å². The van der Waals surface area contributed by atoms with Crippen LogP contribution < -0.4 is 0 Å². The number of aliphatic imine (C=N–C) groups is 1. The van der Waals surface area contributed by atoms with Crippen molar-refractivity contribution in [3.63, 3.8) is 0 Å². The first-order valence-electron chi connectivity index (χ1n) is 4.48. The van der Waals surface area contributed by atoms with E-state index in [9.17, 15) is 4.79 Å². The highest BCUT2D eigenvalue weighted by atomic mass is 16.5. The van der Waals surface area contributed by atoms with Gasteiger partial charge in [-0.3, -0.25) is 4.79 Å². The lowest BCUT2D eigenvalue weighted by Gasteiger charge is -2.20. The first-order chi connectivity index (χ1) is 6.70. The second-order valence-electron chi connectivity index (χ2n) is 3.37. The van der Waals surface area contributed by atoms with Crippen molar-refractivity contribution < 1.29 is 9.53 Å². The Kier molecular flexibility index (Phi) is 2.08. The van der Waals surface area contributed by atoms with Crippen molar-refractivity contribution in [3.8, 4) is 0 Å². The van der Waals surface area contributed by atoms with Crippen LogP contribution in [0.2, 0.25) is 0 Å². The molecule has 0 bridgehead atoms. The summed E-state index contributed by atoms with van der Waals surface area (Å²) < 4.78 is 5.28. The van der Waals surface area contributed by atoms with Crippen LogP contribution >= 0.6 is 0 Å². The van der Waals surface area contributed by atoms with Gasteiger partial charge in [0.2, 0.25) is 0 Å². The van der Waals surface area contributed by atoms with Gasteiger partial charge in [-0.15, -0.1) is 0 Å². The predicted octanol–water partition coefficient (Wildman–Crippen LogP) is 2.32. The van der Waals surface area contributed by atoms with Crippen molar-refractivity contribution in [2.75, 3.05) is 0 Å². The summed E-state index contributed by atoms with van der Waals surface area (Å²) in [5, 5.41) is 0. The number of ether oxygens (including phenoxy) is 1. The molecule has 0 aliphatic carbocycles. The van der Waals surface area contributed by atoms with Crippen LogP contribution in [0.25, 0.3) is 0 Å². The summed E-state index contributed by atoms with van der Waals surface area (Å²) in [7, 11) is 0. The summed E-state index contributed by atoms with van der Waals surface area (Å²) in [5.41, 5.74) is 2.81. The van der Waals surface area contributed by atoms with Crippen molar-refractivity contribution in [1.29, 1.82) is 0 Å². The van der Waals surface area contributed by atoms with Gasteiger partial charge in [-0.2, -0.15) is 0 Å². The highest BCUT2D eigenvalue weighted by Crippen LogP contribution is 2.32. The molecule has 0 fully saturated rings. The Bertz CT molecular complexity index is 410. The highest BCUT2D eigenvalue weighted by molar-refractivity contribution is 5.83. The van der Waals surface area contributed by atoms with E-state index in [0.29, 0.717) is 5.90 Å². The third kappa shape index (κ3) is 1.41. The largest absolute Gasteiger partial charge is 0.465 e. The molecule has 1 aromatic carbocycles. The zero-order chi connectivity index (χ0) is 10.1. The van der Waals surface area contributed by atoms with E-state index in [1.807, 2.05) is 25.1 Å². The van der Waals surface area contributed by atoms with Crippen LogP contribution in [0.4, 0.5) is 5.69 Å². The Balaban J connectivity index is 2.56. The van der Waals surface area contributed by atoms with Gasteiger partial charge in [0.25, 0.3) is 0 Å². The molecule has 14 heavy (non-hydrogen) atoms. The summed E-state index contributed by atoms with van der Waals surface area (Å²) >= 11 is 0. The zero-order valence-corrected chi connectivity index (χ0v) is 8.15. The lowest BCUT2D eigenvalue weighted by Crippen LogP contribution is -2.14. The standard InChI is InChI=1S/C11H11NO2/c1-7-3-4-9-10(5-7)12-8(2)14-11(9)6-13/h3-6,11H,1-2H3. The number of hydrogen-bond acceptors (Lipinski definition) is 3. The average molecular weight is 189 g/mol. The molecule has 0 aromatic heterocycles. The van der Waals surface area contributed by atoms with Crippen molar-refractivity contribution in [1.82, 2.24) is 0 Å². The SMILES string of the molecule is CC1=Nc2cc(C)ccc2C(C=O)O1. The molecule has 0 radical (unpaired) electrons. The molecule has 0 N–H and O–H groups in total. The maximum Gasteiger partial charge on any atom is 0.186 e. The molecule has 0 amide bonds. The lowest BCUT2D eigenvalue weighted by molar-refractivity contribution is -0.114. The quantitative estimate of drug-likeness (QED) is 0.636. The normalized spacial score (nSPS) is 19.3. The van der Waals surface area contributed by atoms with Gasteiger partial charge < -0.3 is 4.74 Å². The Morgan fingerprint density at radius 2 is 2.21 bits per heavy atom. The number of hydrogen-bond donors (Lipinski definition) is 0. The van der Waals surface area contributed by atoms with Gasteiger partial charge in [0, 0.05) is 12.5 Å². The second kappa shape index (κ2) is 3.25. The highest BCUT2D eigenvalue weighted by Gasteiger charge is 2.20. The molecule has 72 valence electrons. The number of aldehydes is 1. The summed E-state index contributed by atoms with van der Waals surface area (Å²) in [6, 6.07) is 5.80. The van der Waals surface area contributed by atoms with Crippen molar-refractivity contribution >= 4 is 17.9 Å². The van der Waals surface area contributed by atoms with E-state index < -0.39 is 6.10 Å². The van der Waals surface area contributed by atoms with E-state index in [2.05, 4.69) is 4.99 Å². The minimum Gasteiger partial charge on any atom is -0.465 e. The molecule has 2 rings (SSSR count). The topological polar surface area (TPSA) is 38.7 Å². The maximum atomic E-state index is 10.8. The molecular weight excluding hydrogens is 178 g/mol. The average Bonchev–Trinajstić information content (AvgIpc) is 2.15. The minimum atomic E-state index is -0.497. The van der Waals surface area contributed by atoms with Crippen LogP contribution in [0.15, 0.2) is 23.2 Å². The summed E-state index contributed by atoms with van der Waals surface area (Å²) in [4.78, 5) is 15.0. The van der Waals surface area contributed by atoms with E-state index >= 15 is 0 Å². The molecule has 1 aromatic rings. The molecule has 1 heterocycles. The molecular formula is C11H11NO2. The van der Waals surface area contributed by atoms with Crippen molar-refractivity contribution in [2.45, 2.75) is 20.0 Å². The molecule has 1 aliphatic rings. The van der Waals surface area contributed by atoms with E-state index in [1.54, 1.807) is 6.92 Å². The van der Waals surface area contributed by atoms with E-state index in [1.165, 1.54) is 0 Å². The van der Waals surface area contributed by atoms with Crippen LogP contribution in [-0.2, 0) is 9.53 Å². The van der Waals surface area contributed by atoms with Gasteiger partial charge in [-0.25, -0.2) is 4.99 Å². The first kappa shape index (κ1) is 8.94. The predicted molar refractivity (Wildman–Crippen MR) is 53.8 cm³/mol. The van der Waals surface area contributed by atoms with Gasteiger partial charge >= 0.3 is 0 Å². The summed E-state index contributed by atoms with van der Waals surface area (Å²) in [6.45, 7) is 3.75. The van der Waals surface area contributed by atoms with Crippen LogP contribution in [-0.4, -0.2) is 12.2 Å².